The summed E-state index contributed by atoms with van der Waals surface area (Å²) in [5.41, 5.74) is 4.11. The van der Waals surface area contributed by atoms with E-state index in [-0.39, 0.29) is 11.9 Å². The highest BCUT2D eigenvalue weighted by molar-refractivity contribution is 5.90. The van der Waals surface area contributed by atoms with Crippen molar-refractivity contribution in [2.45, 2.75) is 12.5 Å². The minimum absolute atomic E-state index is 0.0826. The second kappa shape index (κ2) is 7.87. The molecular weight excluding hydrogens is 368 g/mol. The first-order valence-corrected chi connectivity index (χ1v) is 9.42. The van der Waals surface area contributed by atoms with E-state index in [4.69, 9.17) is 9.47 Å². The molecule has 4 rings (SSSR count). The third kappa shape index (κ3) is 3.89. The van der Waals surface area contributed by atoms with Crippen molar-refractivity contribution in [3.8, 4) is 11.5 Å². The monoisotopic (exact) mass is 392 g/mol. The number of anilines is 1. The van der Waals surface area contributed by atoms with E-state index in [1.165, 1.54) is 5.56 Å². The molecule has 2 aromatic carbocycles. The van der Waals surface area contributed by atoms with Crippen molar-refractivity contribution in [2.75, 3.05) is 26.1 Å². The number of aromatic nitrogens is 2. The highest BCUT2D eigenvalue weighted by Crippen LogP contribution is 2.34. The van der Waals surface area contributed by atoms with E-state index in [0.29, 0.717) is 30.3 Å². The number of carbonyl (C=O) groups excluding carboxylic acids is 1. The number of amides is 2. The summed E-state index contributed by atoms with van der Waals surface area (Å²) >= 11 is 0. The van der Waals surface area contributed by atoms with Crippen LogP contribution in [-0.2, 0) is 13.6 Å². The van der Waals surface area contributed by atoms with Gasteiger partial charge in [-0.25, -0.2) is 4.79 Å². The van der Waals surface area contributed by atoms with Crippen LogP contribution in [-0.4, -0.2) is 41.5 Å². The summed E-state index contributed by atoms with van der Waals surface area (Å²) in [6, 6.07) is 13.4. The van der Waals surface area contributed by atoms with Crippen molar-refractivity contribution >= 4 is 11.7 Å². The molecule has 1 aromatic heterocycles. The number of aryl methyl sites for hydroxylation is 1. The Labute approximate surface area is 169 Å². The van der Waals surface area contributed by atoms with Gasteiger partial charge in [-0.15, -0.1) is 0 Å². The Balaban J connectivity index is 1.60. The van der Waals surface area contributed by atoms with E-state index >= 15 is 0 Å². The van der Waals surface area contributed by atoms with E-state index in [2.05, 4.69) is 22.5 Å². The van der Waals surface area contributed by atoms with Crippen LogP contribution >= 0.6 is 0 Å². The maximum Gasteiger partial charge on any atom is 0.322 e. The Morgan fingerprint density at radius 3 is 2.52 bits per heavy atom. The molecular formula is C22H24N4O3. The molecule has 0 spiro atoms. The fourth-order valence-electron chi connectivity index (χ4n) is 3.75. The maximum absolute atomic E-state index is 13.1. The summed E-state index contributed by atoms with van der Waals surface area (Å²) in [7, 11) is 5.07. The first-order chi connectivity index (χ1) is 14.1. The first-order valence-electron chi connectivity index (χ1n) is 9.42. The number of hydrogen-bond donors (Lipinski definition) is 1. The molecule has 7 heteroatoms. The molecule has 2 amide bonds. The van der Waals surface area contributed by atoms with Crippen molar-refractivity contribution in [3.63, 3.8) is 0 Å². The van der Waals surface area contributed by atoms with Crippen LogP contribution in [0.15, 0.2) is 54.9 Å². The molecule has 0 saturated carbocycles. The third-order valence-electron chi connectivity index (χ3n) is 5.21. The predicted molar refractivity (Wildman–Crippen MR) is 110 cm³/mol. The van der Waals surface area contributed by atoms with Gasteiger partial charge in [0.25, 0.3) is 0 Å². The smallest absolute Gasteiger partial charge is 0.322 e. The molecule has 0 bridgehead atoms. The van der Waals surface area contributed by atoms with Gasteiger partial charge in [0, 0.05) is 56.1 Å². The molecule has 150 valence electrons. The summed E-state index contributed by atoms with van der Waals surface area (Å²) in [4.78, 5) is 14.9. The topological polar surface area (TPSA) is 68.6 Å². The SMILES string of the molecule is COc1cc(NC(=O)N2Cc3ccccc3C(c3cnn(C)c3)C2)cc(OC)c1. The number of hydrogen-bond acceptors (Lipinski definition) is 4. The van der Waals surface area contributed by atoms with Crippen LogP contribution in [0.5, 0.6) is 11.5 Å². The molecule has 0 saturated heterocycles. The zero-order valence-corrected chi connectivity index (χ0v) is 16.8. The first kappa shape index (κ1) is 18.9. The standard InChI is InChI=1S/C22H24N4O3/c1-25-12-16(11-23-25)21-14-26(13-15-6-4-5-7-20(15)21)22(27)24-17-8-18(28-2)10-19(9-17)29-3/h4-12,21H,13-14H2,1-3H3,(H,24,27). The van der Waals surface area contributed by atoms with Crippen LogP contribution in [0.25, 0.3) is 0 Å². The van der Waals surface area contributed by atoms with E-state index in [1.54, 1.807) is 37.1 Å². The molecule has 1 atom stereocenters. The Morgan fingerprint density at radius 2 is 1.86 bits per heavy atom. The molecule has 7 nitrogen and oxygen atoms in total. The van der Waals surface area contributed by atoms with Gasteiger partial charge in [0.05, 0.1) is 20.4 Å². The van der Waals surface area contributed by atoms with Gasteiger partial charge in [-0.1, -0.05) is 24.3 Å². The maximum atomic E-state index is 13.1. The van der Waals surface area contributed by atoms with Crippen molar-refractivity contribution in [1.82, 2.24) is 14.7 Å². The minimum Gasteiger partial charge on any atom is -0.497 e. The predicted octanol–water partition coefficient (Wildman–Crippen LogP) is 3.62. The van der Waals surface area contributed by atoms with Crippen LogP contribution in [0.1, 0.15) is 22.6 Å². The van der Waals surface area contributed by atoms with Gasteiger partial charge in [0.2, 0.25) is 0 Å². The Bertz CT molecular complexity index is 1010. The summed E-state index contributed by atoms with van der Waals surface area (Å²) in [5, 5.41) is 7.29. The molecule has 1 unspecified atom stereocenters. The fourth-order valence-corrected chi connectivity index (χ4v) is 3.75. The van der Waals surface area contributed by atoms with Gasteiger partial charge < -0.3 is 19.7 Å². The normalized spacial score (nSPS) is 15.6. The Hall–Kier alpha value is -3.48. The molecule has 0 fully saturated rings. The van der Waals surface area contributed by atoms with Crippen molar-refractivity contribution in [1.29, 1.82) is 0 Å². The molecule has 1 aliphatic rings. The fraction of sp³-hybridized carbons (Fsp3) is 0.273. The highest BCUT2D eigenvalue weighted by Gasteiger charge is 2.30. The van der Waals surface area contributed by atoms with E-state index in [1.807, 2.05) is 36.5 Å². The zero-order chi connectivity index (χ0) is 20.4. The summed E-state index contributed by atoms with van der Waals surface area (Å²) in [6.07, 6.45) is 3.88. The largest absolute Gasteiger partial charge is 0.497 e. The number of fused-ring (bicyclic) bond motifs is 1. The Morgan fingerprint density at radius 1 is 1.14 bits per heavy atom. The van der Waals surface area contributed by atoms with E-state index in [0.717, 1.165) is 11.1 Å². The lowest BCUT2D eigenvalue weighted by molar-refractivity contribution is 0.203. The van der Waals surface area contributed by atoms with E-state index in [9.17, 15) is 4.79 Å². The second-order valence-electron chi connectivity index (χ2n) is 7.11. The van der Waals surface area contributed by atoms with Gasteiger partial charge in [-0.05, 0) is 16.7 Å². The minimum atomic E-state index is -0.163. The van der Waals surface area contributed by atoms with Gasteiger partial charge >= 0.3 is 6.03 Å². The molecule has 3 aromatic rings. The van der Waals surface area contributed by atoms with Crippen molar-refractivity contribution in [2.24, 2.45) is 7.05 Å². The van der Waals surface area contributed by atoms with Crippen molar-refractivity contribution in [3.05, 3.63) is 71.5 Å². The van der Waals surface area contributed by atoms with Crippen molar-refractivity contribution < 1.29 is 14.3 Å². The van der Waals surface area contributed by atoms with Crippen LogP contribution < -0.4 is 14.8 Å². The number of nitrogens with zero attached hydrogens (tertiary/aromatic N) is 3. The quantitative estimate of drug-likeness (QED) is 0.736. The van der Waals surface area contributed by atoms with Gasteiger partial charge in [0.1, 0.15) is 11.5 Å². The highest BCUT2D eigenvalue weighted by atomic mass is 16.5. The number of rotatable bonds is 4. The lowest BCUT2D eigenvalue weighted by Gasteiger charge is -2.34. The van der Waals surface area contributed by atoms with Gasteiger partial charge in [0.15, 0.2) is 0 Å². The number of carbonyl (C=O) groups is 1. The average Bonchev–Trinajstić information content (AvgIpc) is 3.18. The van der Waals surface area contributed by atoms with Gasteiger partial charge in [-0.2, -0.15) is 5.10 Å². The molecule has 0 aliphatic carbocycles. The summed E-state index contributed by atoms with van der Waals surface area (Å²) in [5.74, 6) is 1.33. The van der Waals surface area contributed by atoms with Crippen LogP contribution in [0.2, 0.25) is 0 Å². The van der Waals surface area contributed by atoms with Crippen LogP contribution in [0.3, 0.4) is 0 Å². The molecule has 1 aliphatic heterocycles. The molecule has 29 heavy (non-hydrogen) atoms. The number of methoxy groups -OCH3 is 2. The third-order valence-corrected chi connectivity index (χ3v) is 5.21. The number of benzene rings is 2. The second-order valence-corrected chi connectivity index (χ2v) is 7.11. The molecule has 1 N–H and O–H groups in total. The summed E-state index contributed by atoms with van der Waals surface area (Å²) < 4.78 is 12.4. The lowest BCUT2D eigenvalue weighted by Crippen LogP contribution is -2.41. The van der Waals surface area contributed by atoms with Crippen LogP contribution in [0.4, 0.5) is 10.5 Å². The van der Waals surface area contributed by atoms with Crippen LogP contribution in [0, 0.1) is 0 Å². The lowest BCUT2D eigenvalue weighted by atomic mass is 9.86. The molecule has 0 radical (unpaired) electrons. The average molecular weight is 392 g/mol. The number of urea groups is 1. The Kier molecular flexibility index (Phi) is 5.12. The summed E-state index contributed by atoms with van der Waals surface area (Å²) in [6.45, 7) is 1.13. The number of ether oxygens (including phenoxy) is 2. The van der Waals surface area contributed by atoms with Gasteiger partial charge in [-0.3, -0.25) is 4.68 Å². The van der Waals surface area contributed by atoms with E-state index < -0.39 is 0 Å². The number of nitrogens with one attached hydrogen (secondary N) is 1. The zero-order valence-electron chi connectivity index (χ0n) is 16.8. The molecule has 2 heterocycles.